The number of rotatable bonds is 5. The monoisotopic (exact) mass is 286 g/mol. The zero-order valence-electron chi connectivity index (χ0n) is 11.2. The Balaban J connectivity index is 2.12. The summed E-state index contributed by atoms with van der Waals surface area (Å²) in [6.45, 7) is 0.125. The van der Waals surface area contributed by atoms with Gasteiger partial charge in [-0.3, -0.25) is 0 Å². The molecule has 0 spiro atoms. The molecule has 0 unspecified atom stereocenters. The van der Waals surface area contributed by atoms with Crippen LogP contribution in [0.1, 0.15) is 11.1 Å². The molecule has 0 fully saturated rings. The number of halogens is 1. The van der Waals surface area contributed by atoms with Crippen LogP contribution in [0.2, 0.25) is 0 Å². The fourth-order valence-corrected chi connectivity index (χ4v) is 1.65. The standard InChI is InChI=1S/C15H15FN4O/c16-13-7-3-1-6-12(13)10-21-14-8-4-2-5-11(14)9-19-20-15(17)18/h1-9H,10H2,(H4,17,18,20). The van der Waals surface area contributed by atoms with E-state index in [0.29, 0.717) is 16.9 Å². The second-order valence-electron chi connectivity index (χ2n) is 4.19. The predicted octanol–water partition coefficient (Wildman–Crippen LogP) is 2.01. The zero-order chi connectivity index (χ0) is 15.1. The summed E-state index contributed by atoms with van der Waals surface area (Å²) in [5, 5.41) is 7.25. The van der Waals surface area contributed by atoms with Crippen molar-refractivity contribution in [1.29, 1.82) is 0 Å². The van der Waals surface area contributed by atoms with Crippen molar-refractivity contribution in [2.75, 3.05) is 0 Å². The van der Waals surface area contributed by atoms with Gasteiger partial charge in [0.05, 0.1) is 6.21 Å². The fourth-order valence-electron chi connectivity index (χ4n) is 1.65. The summed E-state index contributed by atoms with van der Waals surface area (Å²) < 4.78 is 19.2. The molecule has 0 bridgehead atoms. The molecule has 0 heterocycles. The lowest BCUT2D eigenvalue weighted by Crippen LogP contribution is -2.21. The van der Waals surface area contributed by atoms with Gasteiger partial charge in [-0.1, -0.05) is 30.3 Å². The molecule has 0 saturated heterocycles. The van der Waals surface area contributed by atoms with Crippen LogP contribution in [0.25, 0.3) is 0 Å². The highest BCUT2D eigenvalue weighted by Crippen LogP contribution is 2.18. The van der Waals surface area contributed by atoms with Crippen LogP contribution in [-0.2, 0) is 6.61 Å². The zero-order valence-corrected chi connectivity index (χ0v) is 11.2. The molecule has 2 aromatic carbocycles. The van der Waals surface area contributed by atoms with E-state index in [0.717, 1.165) is 0 Å². The minimum Gasteiger partial charge on any atom is -0.488 e. The molecule has 2 rings (SSSR count). The van der Waals surface area contributed by atoms with Crippen molar-refractivity contribution >= 4 is 12.2 Å². The summed E-state index contributed by atoms with van der Waals surface area (Å²) in [4.78, 5) is 0. The van der Waals surface area contributed by atoms with Gasteiger partial charge in [0.2, 0.25) is 5.96 Å². The lowest BCUT2D eigenvalue weighted by Gasteiger charge is -2.09. The molecule has 0 aliphatic rings. The first-order valence-corrected chi connectivity index (χ1v) is 6.24. The third-order valence-electron chi connectivity index (χ3n) is 2.63. The van der Waals surface area contributed by atoms with Crippen LogP contribution in [0.3, 0.4) is 0 Å². The SMILES string of the molecule is NC(N)=NN=Cc1ccccc1OCc1ccccc1F. The molecule has 4 N–H and O–H groups in total. The van der Waals surface area contributed by atoms with Gasteiger partial charge in [0.25, 0.3) is 0 Å². The molecule has 0 saturated carbocycles. The normalized spacial score (nSPS) is 10.5. The lowest BCUT2D eigenvalue weighted by atomic mass is 10.2. The topological polar surface area (TPSA) is 86.0 Å². The second-order valence-corrected chi connectivity index (χ2v) is 4.19. The van der Waals surface area contributed by atoms with E-state index >= 15 is 0 Å². The van der Waals surface area contributed by atoms with Crippen molar-refractivity contribution in [3.63, 3.8) is 0 Å². The Hall–Kier alpha value is -2.89. The highest BCUT2D eigenvalue weighted by Gasteiger charge is 2.04. The lowest BCUT2D eigenvalue weighted by molar-refractivity contribution is 0.299. The van der Waals surface area contributed by atoms with Gasteiger partial charge in [0.15, 0.2) is 0 Å². The number of hydrogen-bond donors (Lipinski definition) is 2. The largest absolute Gasteiger partial charge is 0.488 e. The average molecular weight is 286 g/mol. The van der Waals surface area contributed by atoms with Gasteiger partial charge < -0.3 is 16.2 Å². The Labute approximate surface area is 121 Å². The molecular weight excluding hydrogens is 271 g/mol. The maximum Gasteiger partial charge on any atom is 0.211 e. The van der Waals surface area contributed by atoms with Crippen LogP contribution in [-0.4, -0.2) is 12.2 Å². The van der Waals surface area contributed by atoms with E-state index in [2.05, 4.69) is 10.2 Å². The van der Waals surface area contributed by atoms with Crippen molar-refractivity contribution in [1.82, 2.24) is 0 Å². The third-order valence-corrected chi connectivity index (χ3v) is 2.63. The first-order chi connectivity index (χ1) is 10.2. The molecule has 0 amide bonds. The molecule has 0 atom stereocenters. The summed E-state index contributed by atoms with van der Waals surface area (Å²) in [5.74, 6) is 0.135. The van der Waals surface area contributed by atoms with Gasteiger partial charge in [-0.2, -0.15) is 5.10 Å². The molecule has 5 nitrogen and oxygen atoms in total. The maximum atomic E-state index is 13.5. The van der Waals surface area contributed by atoms with Crippen LogP contribution in [0.15, 0.2) is 58.7 Å². The molecule has 0 radical (unpaired) electrons. The van der Waals surface area contributed by atoms with E-state index < -0.39 is 0 Å². The van der Waals surface area contributed by atoms with Crippen LogP contribution in [0, 0.1) is 5.82 Å². The van der Waals surface area contributed by atoms with Gasteiger partial charge in [0.1, 0.15) is 18.2 Å². The number of guanidine groups is 1. The first-order valence-electron chi connectivity index (χ1n) is 6.24. The van der Waals surface area contributed by atoms with Crippen molar-refractivity contribution < 1.29 is 9.13 Å². The van der Waals surface area contributed by atoms with E-state index in [-0.39, 0.29) is 18.4 Å². The fraction of sp³-hybridized carbons (Fsp3) is 0.0667. The molecule has 21 heavy (non-hydrogen) atoms. The first kappa shape index (κ1) is 14.5. The van der Waals surface area contributed by atoms with Gasteiger partial charge in [0, 0.05) is 11.1 Å². The van der Waals surface area contributed by atoms with Gasteiger partial charge in [-0.25, -0.2) is 4.39 Å². The Morgan fingerprint density at radius 3 is 2.57 bits per heavy atom. The van der Waals surface area contributed by atoms with Crippen molar-refractivity contribution in [3.05, 3.63) is 65.5 Å². The number of nitrogens with two attached hydrogens (primary N) is 2. The molecule has 0 aromatic heterocycles. The van der Waals surface area contributed by atoms with Gasteiger partial charge >= 0.3 is 0 Å². The summed E-state index contributed by atoms with van der Waals surface area (Å²) >= 11 is 0. The second kappa shape index (κ2) is 7.04. The minimum absolute atomic E-state index is 0.125. The van der Waals surface area contributed by atoms with E-state index in [4.69, 9.17) is 16.2 Å². The van der Waals surface area contributed by atoms with Crippen LogP contribution >= 0.6 is 0 Å². The Kier molecular flexibility index (Phi) is 4.87. The maximum absolute atomic E-state index is 13.5. The third kappa shape index (κ3) is 4.31. The van der Waals surface area contributed by atoms with E-state index in [1.54, 1.807) is 30.3 Å². The molecule has 108 valence electrons. The van der Waals surface area contributed by atoms with E-state index in [9.17, 15) is 4.39 Å². The summed E-state index contributed by atoms with van der Waals surface area (Å²) in [7, 11) is 0. The average Bonchev–Trinajstić information content (AvgIpc) is 2.47. The van der Waals surface area contributed by atoms with Crippen LogP contribution in [0.5, 0.6) is 5.75 Å². The molecule has 0 aliphatic heterocycles. The summed E-state index contributed by atoms with van der Waals surface area (Å²) in [6.07, 6.45) is 1.47. The quantitative estimate of drug-likeness (QED) is 0.501. The number of hydrogen-bond acceptors (Lipinski definition) is 3. The Morgan fingerprint density at radius 1 is 1.10 bits per heavy atom. The predicted molar refractivity (Wildman–Crippen MR) is 80.6 cm³/mol. The number of nitrogens with zero attached hydrogens (tertiary/aromatic N) is 2. The van der Waals surface area contributed by atoms with E-state index in [1.165, 1.54) is 12.3 Å². The Bertz CT molecular complexity index is 666. The van der Waals surface area contributed by atoms with E-state index in [1.807, 2.05) is 12.1 Å². The van der Waals surface area contributed by atoms with Crippen molar-refractivity contribution in [2.24, 2.45) is 21.7 Å². The van der Waals surface area contributed by atoms with Gasteiger partial charge in [-0.15, -0.1) is 5.10 Å². The van der Waals surface area contributed by atoms with Crippen LogP contribution < -0.4 is 16.2 Å². The highest BCUT2D eigenvalue weighted by atomic mass is 19.1. The minimum atomic E-state index is -0.302. The molecule has 0 aliphatic carbocycles. The van der Waals surface area contributed by atoms with Gasteiger partial charge in [-0.05, 0) is 18.2 Å². The summed E-state index contributed by atoms with van der Waals surface area (Å²) in [6, 6.07) is 13.7. The van der Waals surface area contributed by atoms with Crippen molar-refractivity contribution in [3.8, 4) is 5.75 Å². The molecule has 6 heteroatoms. The van der Waals surface area contributed by atoms with Crippen LogP contribution in [0.4, 0.5) is 4.39 Å². The number of ether oxygens (including phenoxy) is 1. The Morgan fingerprint density at radius 2 is 1.81 bits per heavy atom. The smallest absolute Gasteiger partial charge is 0.211 e. The highest BCUT2D eigenvalue weighted by molar-refractivity contribution is 5.84. The number of para-hydroxylation sites is 1. The molecular formula is C15H15FN4O. The molecule has 2 aromatic rings. The number of benzene rings is 2. The summed E-state index contributed by atoms with van der Waals surface area (Å²) in [5.41, 5.74) is 11.5. The van der Waals surface area contributed by atoms with Crippen molar-refractivity contribution in [2.45, 2.75) is 6.61 Å².